The van der Waals surface area contributed by atoms with Crippen molar-refractivity contribution in [3.05, 3.63) is 94.9 Å². The van der Waals surface area contributed by atoms with Gasteiger partial charge in [0.15, 0.2) is 0 Å². The Hall–Kier alpha value is -3.31. The normalized spacial score (nSPS) is 10.9. The number of carboxylic acids is 1. The van der Waals surface area contributed by atoms with Crippen LogP contribution in [0, 0.1) is 5.82 Å². The zero-order valence-corrected chi connectivity index (χ0v) is 15.4. The number of hydrogen-bond donors (Lipinski definition) is 1. The first-order valence-electron chi connectivity index (χ1n) is 8.53. The lowest BCUT2D eigenvalue weighted by Crippen LogP contribution is -2.01. The second-order valence-corrected chi connectivity index (χ2v) is 6.73. The van der Waals surface area contributed by atoms with Gasteiger partial charge >= 0.3 is 5.97 Å². The summed E-state index contributed by atoms with van der Waals surface area (Å²) in [6.45, 7) is 0.275. The molecule has 1 N–H and O–H groups in total. The quantitative estimate of drug-likeness (QED) is 0.471. The van der Waals surface area contributed by atoms with Crippen molar-refractivity contribution in [1.29, 1.82) is 0 Å². The van der Waals surface area contributed by atoms with Crippen molar-refractivity contribution in [2.75, 3.05) is 0 Å². The number of benzene rings is 3. The van der Waals surface area contributed by atoms with Gasteiger partial charge in [-0.15, -0.1) is 0 Å². The summed E-state index contributed by atoms with van der Waals surface area (Å²) >= 11 is 6.20. The lowest BCUT2D eigenvalue weighted by atomic mass is 10.1. The number of carboxylic acid groups (broad SMARTS) is 1. The summed E-state index contributed by atoms with van der Waals surface area (Å²) in [5, 5.41) is 10.5. The molecule has 1 heterocycles. The summed E-state index contributed by atoms with van der Waals surface area (Å²) in [7, 11) is 0. The molecule has 28 heavy (non-hydrogen) atoms. The largest absolute Gasteiger partial charge is 0.487 e. The summed E-state index contributed by atoms with van der Waals surface area (Å²) < 4.78 is 20.9. The van der Waals surface area contributed by atoms with Gasteiger partial charge in [-0.3, -0.25) is 0 Å². The minimum atomic E-state index is -0.972. The lowest BCUT2D eigenvalue weighted by molar-refractivity contribution is 0.0697. The molecule has 0 aliphatic rings. The molecule has 0 aliphatic heterocycles. The lowest BCUT2D eigenvalue weighted by Gasteiger charge is -2.14. The third-order valence-corrected chi connectivity index (χ3v) is 4.66. The number of aromatic nitrogens is 1. The molecule has 3 aromatic carbocycles. The highest BCUT2D eigenvalue weighted by atomic mass is 35.5. The monoisotopic (exact) mass is 395 g/mol. The minimum absolute atomic E-state index is 0.226. The molecule has 4 rings (SSSR count). The second kappa shape index (κ2) is 7.37. The molecule has 0 saturated carbocycles. The highest BCUT2D eigenvalue weighted by Crippen LogP contribution is 2.31. The molecule has 4 nitrogen and oxygen atoms in total. The summed E-state index contributed by atoms with van der Waals surface area (Å²) in [6.07, 6.45) is 1.84. The Labute approximate surface area is 165 Å². The third kappa shape index (κ3) is 3.57. The minimum Gasteiger partial charge on any atom is -0.487 e. The van der Waals surface area contributed by atoms with Crippen molar-refractivity contribution in [3.8, 4) is 11.4 Å². The molecule has 4 aromatic rings. The first-order valence-corrected chi connectivity index (χ1v) is 8.90. The molecule has 0 bridgehead atoms. The van der Waals surface area contributed by atoms with Crippen LogP contribution in [0.5, 0.6) is 5.75 Å². The van der Waals surface area contributed by atoms with Crippen molar-refractivity contribution in [3.63, 3.8) is 0 Å². The van der Waals surface area contributed by atoms with Gasteiger partial charge in [0, 0.05) is 16.6 Å². The van der Waals surface area contributed by atoms with Gasteiger partial charge in [0.05, 0.1) is 16.8 Å². The average Bonchev–Trinajstić information content (AvgIpc) is 3.11. The van der Waals surface area contributed by atoms with Crippen LogP contribution in [0.3, 0.4) is 0 Å². The van der Waals surface area contributed by atoms with E-state index in [1.165, 1.54) is 12.1 Å². The van der Waals surface area contributed by atoms with Crippen LogP contribution < -0.4 is 4.74 Å². The van der Waals surface area contributed by atoms with E-state index in [2.05, 4.69) is 0 Å². The summed E-state index contributed by atoms with van der Waals surface area (Å²) in [6, 6.07) is 18.2. The van der Waals surface area contributed by atoms with Crippen LogP contribution in [0.1, 0.15) is 15.9 Å². The van der Waals surface area contributed by atoms with Crippen molar-refractivity contribution >= 4 is 28.5 Å². The van der Waals surface area contributed by atoms with E-state index in [4.69, 9.17) is 16.3 Å². The molecule has 0 radical (unpaired) electrons. The van der Waals surface area contributed by atoms with E-state index in [0.29, 0.717) is 10.8 Å². The van der Waals surface area contributed by atoms with E-state index in [1.54, 1.807) is 48.5 Å². The predicted octanol–water partition coefficient (Wildman–Crippen LogP) is 5.70. The van der Waals surface area contributed by atoms with E-state index in [0.717, 1.165) is 22.2 Å². The maximum absolute atomic E-state index is 13.1. The number of hydrogen-bond acceptors (Lipinski definition) is 2. The van der Waals surface area contributed by atoms with Crippen LogP contribution in [0.2, 0.25) is 5.02 Å². The Morgan fingerprint density at radius 1 is 1.04 bits per heavy atom. The van der Waals surface area contributed by atoms with Gasteiger partial charge in [0.25, 0.3) is 0 Å². The Morgan fingerprint density at radius 3 is 2.57 bits per heavy atom. The van der Waals surface area contributed by atoms with Crippen molar-refractivity contribution in [2.45, 2.75) is 6.61 Å². The number of rotatable bonds is 5. The second-order valence-electron chi connectivity index (χ2n) is 6.29. The molecule has 0 spiro atoms. The third-order valence-electron chi connectivity index (χ3n) is 4.43. The van der Waals surface area contributed by atoms with Gasteiger partial charge in [0.1, 0.15) is 18.2 Å². The fourth-order valence-electron chi connectivity index (χ4n) is 3.03. The zero-order chi connectivity index (χ0) is 19.7. The molecule has 0 amide bonds. The Bertz CT molecular complexity index is 1170. The summed E-state index contributed by atoms with van der Waals surface area (Å²) in [4.78, 5) is 11.2. The molecule has 0 atom stereocenters. The molecule has 0 saturated heterocycles. The van der Waals surface area contributed by atoms with Gasteiger partial charge in [0.2, 0.25) is 0 Å². The molecule has 6 heteroatoms. The maximum atomic E-state index is 13.1. The predicted molar refractivity (Wildman–Crippen MR) is 106 cm³/mol. The topological polar surface area (TPSA) is 51.5 Å². The first kappa shape index (κ1) is 18.1. The molecule has 0 fully saturated rings. The van der Waals surface area contributed by atoms with Crippen molar-refractivity contribution in [2.24, 2.45) is 0 Å². The number of nitrogens with zero attached hydrogens (tertiary/aromatic N) is 1. The Balaban J connectivity index is 1.71. The van der Waals surface area contributed by atoms with Crippen LogP contribution in [-0.2, 0) is 6.61 Å². The summed E-state index contributed by atoms with van der Waals surface area (Å²) in [5.41, 5.74) is 2.63. The highest BCUT2D eigenvalue weighted by Gasteiger charge is 2.12. The smallest absolute Gasteiger partial charge is 0.335 e. The SMILES string of the molecule is O=C(O)c1ccc2c(ccn2-c2cc(Cl)ccc2OCc2ccc(F)cc2)c1. The Morgan fingerprint density at radius 2 is 1.82 bits per heavy atom. The van der Waals surface area contributed by atoms with E-state index >= 15 is 0 Å². The zero-order valence-electron chi connectivity index (χ0n) is 14.6. The van der Waals surface area contributed by atoms with Crippen LogP contribution in [0.25, 0.3) is 16.6 Å². The van der Waals surface area contributed by atoms with Crippen LogP contribution in [0.4, 0.5) is 4.39 Å². The number of ether oxygens (including phenoxy) is 1. The molecular formula is C22H15ClFNO3. The highest BCUT2D eigenvalue weighted by molar-refractivity contribution is 6.30. The standard InChI is InChI=1S/C22H15ClFNO3/c23-17-4-8-21(28-13-14-1-5-18(24)6-2-14)20(12-17)25-10-9-15-11-16(22(26)27)3-7-19(15)25/h1-12H,13H2,(H,26,27). The maximum Gasteiger partial charge on any atom is 0.335 e. The number of halogens is 2. The Kier molecular flexibility index (Phi) is 4.75. The molecule has 0 unspecified atom stereocenters. The van der Waals surface area contributed by atoms with E-state index < -0.39 is 5.97 Å². The van der Waals surface area contributed by atoms with E-state index in [9.17, 15) is 14.3 Å². The average molecular weight is 396 g/mol. The number of aromatic carboxylic acids is 1. The van der Waals surface area contributed by atoms with Crippen molar-refractivity contribution < 1.29 is 19.0 Å². The molecule has 0 aliphatic carbocycles. The van der Waals surface area contributed by atoms with Gasteiger partial charge < -0.3 is 14.4 Å². The molecular weight excluding hydrogens is 381 g/mol. The molecule has 1 aromatic heterocycles. The van der Waals surface area contributed by atoms with E-state index in [-0.39, 0.29) is 18.0 Å². The van der Waals surface area contributed by atoms with Gasteiger partial charge in [-0.1, -0.05) is 23.7 Å². The van der Waals surface area contributed by atoms with Gasteiger partial charge in [-0.05, 0) is 60.2 Å². The summed E-state index contributed by atoms with van der Waals surface area (Å²) in [5.74, 6) is -0.662. The number of carbonyl (C=O) groups is 1. The van der Waals surface area contributed by atoms with Crippen LogP contribution in [-0.4, -0.2) is 15.6 Å². The van der Waals surface area contributed by atoms with Crippen LogP contribution >= 0.6 is 11.6 Å². The fourth-order valence-corrected chi connectivity index (χ4v) is 3.19. The first-order chi connectivity index (χ1) is 13.5. The van der Waals surface area contributed by atoms with Gasteiger partial charge in [-0.2, -0.15) is 0 Å². The fraction of sp³-hybridized carbons (Fsp3) is 0.0455. The van der Waals surface area contributed by atoms with Gasteiger partial charge in [-0.25, -0.2) is 9.18 Å². The molecule has 140 valence electrons. The number of fused-ring (bicyclic) bond motifs is 1. The van der Waals surface area contributed by atoms with Crippen LogP contribution in [0.15, 0.2) is 72.9 Å². The van der Waals surface area contributed by atoms with E-state index in [1.807, 2.05) is 16.8 Å². The van der Waals surface area contributed by atoms with Crippen molar-refractivity contribution in [1.82, 2.24) is 4.57 Å².